The molecule has 98 valence electrons. The molecular weight excluding hydrogens is 336 g/mol. The molecule has 0 saturated heterocycles. The minimum atomic E-state index is -0.771. The van der Waals surface area contributed by atoms with Gasteiger partial charge < -0.3 is 4.74 Å². The second kappa shape index (κ2) is 5.54. The zero-order chi connectivity index (χ0) is 14.0. The Morgan fingerprint density at radius 3 is 2.79 bits per heavy atom. The molecule has 0 spiro atoms. The van der Waals surface area contributed by atoms with Crippen LogP contribution in [-0.4, -0.2) is 22.9 Å². The lowest BCUT2D eigenvalue weighted by Crippen LogP contribution is -2.21. The normalized spacial score (nSPS) is 10.3. The molecule has 7 heteroatoms. The molecule has 0 aliphatic heterocycles. The topological polar surface area (TPSA) is 61.2 Å². The highest BCUT2D eigenvalue weighted by atomic mass is 79.9. The van der Waals surface area contributed by atoms with Gasteiger partial charge >= 0.3 is 5.97 Å². The molecule has 0 aliphatic rings. The van der Waals surface area contributed by atoms with Crippen molar-refractivity contribution >= 4 is 33.5 Å². The van der Waals surface area contributed by atoms with Crippen LogP contribution in [0.3, 0.4) is 0 Å². The van der Waals surface area contributed by atoms with Gasteiger partial charge in [-0.05, 0) is 34.1 Å². The number of hydrogen-bond donors (Lipinski definition) is 0. The zero-order valence-electron chi connectivity index (χ0n) is 9.76. The fraction of sp³-hybridized carbons (Fsp3) is 0.0833. The summed E-state index contributed by atoms with van der Waals surface area (Å²) in [6, 6.07) is 6.37. The number of esters is 1. The minimum Gasteiger partial charge on any atom is -0.464 e. The number of ether oxygens (including phenoxy) is 1. The Bertz CT molecular complexity index is 700. The smallest absolute Gasteiger partial charge is 0.362 e. The molecule has 0 N–H and O–H groups in total. The summed E-state index contributed by atoms with van der Waals surface area (Å²) in [5.41, 5.74) is -0.103. The highest BCUT2D eigenvalue weighted by Crippen LogP contribution is 2.24. The fourth-order valence-corrected chi connectivity index (χ4v) is 1.90. The molecule has 0 aliphatic carbocycles. The number of carbonyl (C=O) groups is 1. The summed E-state index contributed by atoms with van der Waals surface area (Å²) in [7, 11) is 1.19. The molecular formula is C12H8BrClN2O3. The van der Waals surface area contributed by atoms with Gasteiger partial charge in [0.2, 0.25) is 11.1 Å². The lowest BCUT2D eigenvalue weighted by atomic mass is 10.3. The van der Waals surface area contributed by atoms with E-state index in [0.717, 1.165) is 0 Å². The zero-order valence-corrected chi connectivity index (χ0v) is 12.1. The number of benzene rings is 1. The molecule has 0 bridgehead atoms. The van der Waals surface area contributed by atoms with Crippen LogP contribution in [0.5, 0.6) is 0 Å². The van der Waals surface area contributed by atoms with Gasteiger partial charge in [-0.3, -0.25) is 4.79 Å². The molecule has 5 nitrogen and oxygen atoms in total. The number of rotatable bonds is 2. The Labute approximate surface area is 121 Å². The van der Waals surface area contributed by atoms with Crippen LogP contribution in [0, 0.1) is 0 Å². The van der Waals surface area contributed by atoms with E-state index in [2.05, 4.69) is 25.8 Å². The maximum atomic E-state index is 11.5. The minimum absolute atomic E-state index is 0.268. The SMILES string of the molecule is COC(=O)c1nn(-c2ccc(Cl)c(Br)c2)ccc1=O. The van der Waals surface area contributed by atoms with Gasteiger partial charge in [-0.15, -0.1) is 0 Å². The number of nitrogens with zero attached hydrogens (tertiary/aromatic N) is 2. The van der Waals surface area contributed by atoms with E-state index in [1.54, 1.807) is 18.2 Å². The van der Waals surface area contributed by atoms with E-state index in [4.69, 9.17) is 11.6 Å². The van der Waals surface area contributed by atoms with Crippen LogP contribution in [0.1, 0.15) is 10.5 Å². The van der Waals surface area contributed by atoms with Gasteiger partial charge in [0, 0.05) is 16.7 Å². The third-order valence-electron chi connectivity index (χ3n) is 2.35. The summed E-state index contributed by atoms with van der Waals surface area (Å²) in [5, 5.41) is 4.50. The second-order valence-corrected chi connectivity index (χ2v) is 4.82. The lowest BCUT2D eigenvalue weighted by molar-refractivity contribution is 0.0590. The van der Waals surface area contributed by atoms with Crippen molar-refractivity contribution in [2.24, 2.45) is 0 Å². The highest BCUT2D eigenvalue weighted by Gasteiger charge is 2.13. The van der Waals surface area contributed by atoms with E-state index in [0.29, 0.717) is 15.2 Å². The van der Waals surface area contributed by atoms with E-state index in [9.17, 15) is 9.59 Å². The summed E-state index contributed by atoms with van der Waals surface area (Å²) >= 11 is 9.19. The van der Waals surface area contributed by atoms with E-state index >= 15 is 0 Å². The summed E-state index contributed by atoms with van der Waals surface area (Å²) in [5.74, 6) is -0.771. The first-order valence-corrected chi connectivity index (χ1v) is 6.34. The van der Waals surface area contributed by atoms with Gasteiger partial charge in [0.15, 0.2) is 0 Å². The van der Waals surface area contributed by atoms with Crippen molar-refractivity contribution in [2.45, 2.75) is 0 Å². The summed E-state index contributed by atoms with van der Waals surface area (Å²) in [6.07, 6.45) is 1.46. The maximum absolute atomic E-state index is 11.5. The average Bonchev–Trinajstić information content (AvgIpc) is 2.41. The Hall–Kier alpha value is -1.66. The Morgan fingerprint density at radius 1 is 1.42 bits per heavy atom. The highest BCUT2D eigenvalue weighted by molar-refractivity contribution is 9.10. The van der Waals surface area contributed by atoms with Crippen molar-refractivity contribution in [2.75, 3.05) is 7.11 Å². The Kier molecular flexibility index (Phi) is 4.01. The molecule has 0 amide bonds. The molecule has 0 unspecified atom stereocenters. The number of carbonyl (C=O) groups excluding carboxylic acids is 1. The van der Waals surface area contributed by atoms with E-state index in [1.165, 1.54) is 24.1 Å². The van der Waals surface area contributed by atoms with Crippen LogP contribution >= 0.6 is 27.5 Å². The lowest BCUT2D eigenvalue weighted by Gasteiger charge is -2.07. The van der Waals surface area contributed by atoms with Crippen LogP contribution in [0.4, 0.5) is 0 Å². The molecule has 0 fully saturated rings. The van der Waals surface area contributed by atoms with Crippen LogP contribution in [0.2, 0.25) is 5.02 Å². The molecule has 0 radical (unpaired) electrons. The number of methoxy groups -OCH3 is 1. The van der Waals surface area contributed by atoms with E-state index < -0.39 is 11.4 Å². The second-order valence-electron chi connectivity index (χ2n) is 3.56. The van der Waals surface area contributed by atoms with Gasteiger partial charge in [0.05, 0.1) is 17.8 Å². The predicted octanol–water partition coefficient (Wildman–Crippen LogP) is 2.44. The van der Waals surface area contributed by atoms with Crippen molar-refractivity contribution in [3.8, 4) is 5.69 Å². The standard InChI is InChI=1S/C12H8BrClN2O3/c1-19-12(18)11-10(17)4-5-16(15-11)7-2-3-9(14)8(13)6-7/h2-6H,1H3. The quantitative estimate of drug-likeness (QED) is 0.786. The van der Waals surface area contributed by atoms with Gasteiger partial charge in [-0.1, -0.05) is 11.6 Å². The first-order valence-electron chi connectivity index (χ1n) is 5.16. The Morgan fingerprint density at radius 2 is 2.16 bits per heavy atom. The molecule has 1 heterocycles. The van der Waals surface area contributed by atoms with Crippen LogP contribution in [-0.2, 0) is 4.74 Å². The molecule has 1 aromatic heterocycles. The van der Waals surface area contributed by atoms with E-state index in [-0.39, 0.29) is 5.69 Å². The molecule has 2 aromatic rings. The molecule has 0 atom stereocenters. The number of halogens is 2. The average molecular weight is 344 g/mol. The van der Waals surface area contributed by atoms with E-state index in [1.807, 2.05) is 0 Å². The Balaban J connectivity index is 2.54. The predicted molar refractivity (Wildman–Crippen MR) is 73.9 cm³/mol. The van der Waals surface area contributed by atoms with Crippen molar-refractivity contribution in [3.63, 3.8) is 0 Å². The van der Waals surface area contributed by atoms with Gasteiger partial charge in [0.25, 0.3) is 0 Å². The van der Waals surface area contributed by atoms with Crippen molar-refractivity contribution in [3.05, 3.63) is 55.9 Å². The number of aromatic nitrogens is 2. The van der Waals surface area contributed by atoms with Crippen LogP contribution in [0.15, 0.2) is 39.7 Å². The molecule has 2 rings (SSSR count). The maximum Gasteiger partial charge on any atom is 0.362 e. The summed E-state index contributed by atoms with van der Waals surface area (Å²) in [6.45, 7) is 0. The third kappa shape index (κ3) is 2.85. The third-order valence-corrected chi connectivity index (χ3v) is 3.57. The number of hydrogen-bond acceptors (Lipinski definition) is 4. The summed E-state index contributed by atoms with van der Waals surface area (Å²) < 4.78 is 6.59. The molecule has 0 saturated carbocycles. The van der Waals surface area contributed by atoms with Crippen LogP contribution < -0.4 is 5.43 Å². The van der Waals surface area contributed by atoms with Crippen molar-refractivity contribution in [1.29, 1.82) is 0 Å². The molecule has 19 heavy (non-hydrogen) atoms. The van der Waals surface area contributed by atoms with Gasteiger partial charge in [-0.25, -0.2) is 9.48 Å². The largest absolute Gasteiger partial charge is 0.464 e. The van der Waals surface area contributed by atoms with Gasteiger partial charge in [-0.2, -0.15) is 5.10 Å². The van der Waals surface area contributed by atoms with Gasteiger partial charge in [0.1, 0.15) is 0 Å². The summed E-state index contributed by atoms with van der Waals surface area (Å²) in [4.78, 5) is 22.9. The first kappa shape index (κ1) is 13.8. The van der Waals surface area contributed by atoms with Crippen molar-refractivity contribution < 1.29 is 9.53 Å². The van der Waals surface area contributed by atoms with Crippen LogP contribution in [0.25, 0.3) is 5.69 Å². The molecule has 1 aromatic carbocycles. The first-order chi connectivity index (χ1) is 9.02. The monoisotopic (exact) mass is 342 g/mol. The van der Waals surface area contributed by atoms with Crippen molar-refractivity contribution in [1.82, 2.24) is 9.78 Å². The fourth-order valence-electron chi connectivity index (χ4n) is 1.42.